The molecule has 3 aromatic heterocycles. The molecule has 0 radical (unpaired) electrons. The molecule has 138 valence electrons. The normalized spacial score (nSPS) is 21.3. The Balaban J connectivity index is 1.52. The van der Waals surface area contributed by atoms with Crippen molar-refractivity contribution in [3.63, 3.8) is 0 Å². The van der Waals surface area contributed by atoms with Gasteiger partial charge in [0.05, 0.1) is 23.2 Å². The van der Waals surface area contributed by atoms with Crippen LogP contribution in [0.25, 0.3) is 11.0 Å². The van der Waals surface area contributed by atoms with Crippen LogP contribution in [0.4, 0.5) is 17.6 Å². The molecule has 0 unspecified atom stereocenters. The van der Waals surface area contributed by atoms with Crippen LogP contribution in [0.2, 0.25) is 0 Å². The first-order chi connectivity index (χ1) is 13.1. The van der Waals surface area contributed by atoms with Gasteiger partial charge in [0.2, 0.25) is 11.9 Å². The highest BCUT2D eigenvalue weighted by Gasteiger charge is 2.45. The minimum atomic E-state index is 0.139. The Hall–Kier alpha value is -3.23. The molecule has 3 aromatic rings. The monoisotopic (exact) mass is 364 g/mol. The van der Waals surface area contributed by atoms with E-state index in [2.05, 4.69) is 30.4 Å². The summed E-state index contributed by atoms with van der Waals surface area (Å²) in [5.41, 5.74) is 1.54. The highest BCUT2D eigenvalue weighted by atomic mass is 16.2. The molecule has 1 amide bonds. The van der Waals surface area contributed by atoms with Crippen LogP contribution in [0.15, 0.2) is 24.4 Å². The summed E-state index contributed by atoms with van der Waals surface area (Å²) in [6.07, 6.45) is 2.70. The Kier molecular flexibility index (Phi) is 3.49. The number of carbonyl (C=O) groups excluding carboxylic acids is 1. The lowest BCUT2D eigenvalue weighted by molar-refractivity contribution is -0.129. The molecule has 2 atom stereocenters. The van der Waals surface area contributed by atoms with Gasteiger partial charge in [0, 0.05) is 32.3 Å². The molecular formula is C18H20N8O. The molecule has 2 bridgehead atoms. The molecule has 2 fully saturated rings. The van der Waals surface area contributed by atoms with E-state index in [1.807, 2.05) is 30.0 Å². The molecule has 0 aliphatic carbocycles. The highest BCUT2D eigenvalue weighted by Crippen LogP contribution is 2.34. The standard InChI is InChI=1S/C18H20N8O/c1-10-6-15(24-23-10)20-17-14-4-3-5-19-16(14)21-18(22-17)26-9-12-7-13(26)8-25(12)11(2)27/h3-6,12-13H,7-9H2,1-2H3,(H2,19,20,21,22,23,24)/t12-,13+/m1/s1. The summed E-state index contributed by atoms with van der Waals surface area (Å²) in [7, 11) is 0. The van der Waals surface area contributed by atoms with Crippen LogP contribution in [0.3, 0.4) is 0 Å². The number of anilines is 3. The second-order valence-corrected chi connectivity index (χ2v) is 7.16. The van der Waals surface area contributed by atoms with Crippen molar-refractivity contribution in [1.29, 1.82) is 0 Å². The number of nitrogens with one attached hydrogen (secondary N) is 2. The van der Waals surface area contributed by atoms with E-state index in [1.165, 1.54) is 0 Å². The first kappa shape index (κ1) is 16.0. The van der Waals surface area contributed by atoms with Gasteiger partial charge in [-0.25, -0.2) is 4.98 Å². The maximum Gasteiger partial charge on any atom is 0.229 e. The van der Waals surface area contributed by atoms with Crippen molar-refractivity contribution in [3.8, 4) is 0 Å². The first-order valence-corrected chi connectivity index (χ1v) is 9.04. The van der Waals surface area contributed by atoms with Crippen molar-refractivity contribution >= 4 is 34.5 Å². The number of amides is 1. The van der Waals surface area contributed by atoms with Gasteiger partial charge >= 0.3 is 0 Å². The number of aromatic amines is 1. The van der Waals surface area contributed by atoms with Gasteiger partial charge in [-0.1, -0.05) is 0 Å². The van der Waals surface area contributed by atoms with Crippen molar-refractivity contribution in [1.82, 2.24) is 30.0 Å². The number of likely N-dealkylation sites (tertiary alicyclic amines) is 1. The molecule has 9 heteroatoms. The van der Waals surface area contributed by atoms with Gasteiger partial charge in [0.25, 0.3) is 0 Å². The molecule has 5 heterocycles. The molecular weight excluding hydrogens is 344 g/mol. The highest BCUT2D eigenvalue weighted by molar-refractivity contribution is 5.89. The predicted molar refractivity (Wildman–Crippen MR) is 101 cm³/mol. The van der Waals surface area contributed by atoms with Crippen molar-refractivity contribution in [2.45, 2.75) is 32.4 Å². The van der Waals surface area contributed by atoms with E-state index >= 15 is 0 Å². The molecule has 2 saturated heterocycles. The Morgan fingerprint density at radius 2 is 2.19 bits per heavy atom. The molecule has 5 rings (SSSR count). The van der Waals surface area contributed by atoms with Gasteiger partial charge in [-0.15, -0.1) is 0 Å². The lowest BCUT2D eigenvalue weighted by atomic mass is 10.2. The number of pyridine rings is 1. The SMILES string of the molecule is CC(=O)N1C[C@@H]2C[C@@H]1CN2c1nc(Nc2cc(C)n[nH]2)c2cccnc2n1. The number of nitrogens with zero attached hydrogens (tertiary/aromatic N) is 6. The fourth-order valence-electron chi connectivity index (χ4n) is 4.09. The number of rotatable bonds is 3. The third-order valence-electron chi connectivity index (χ3n) is 5.32. The molecule has 27 heavy (non-hydrogen) atoms. The number of carbonyl (C=O) groups is 1. The molecule has 0 aromatic carbocycles. The quantitative estimate of drug-likeness (QED) is 0.728. The minimum absolute atomic E-state index is 0.139. The maximum atomic E-state index is 11.8. The second kappa shape index (κ2) is 5.90. The summed E-state index contributed by atoms with van der Waals surface area (Å²) >= 11 is 0. The number of aryl methyl sites for hydroxylation is 1. The molecule has 0 spiro atoms. The van der Waals surface area contributed by atoms with E-state index in [1.54, 1.807) is 13.1 Å². The number of aromatic nitrogens is 5. The maximum absolute atomic E-state index is 11.8. The summed E-state index contributed by atoms with van der Waals surface area (Å²) in [5.74, 6) is 2.25. The summed E-state index contributed by atoms with van der Waals surface area (Å²) in [5, 5.41) is 11.3. The lowest BCUT2D eigenvalue weighted by Crippen LogP contribution is -2.48. The number of hydrogen-bond donors (Lipinski definition) is 2. The summed E-state index contributed by atoms with van der Waals surface area (Å²) in [4.78, 5) is 29.8. The number of fused-ring (bicyclic) bond motifs is 3. The zero-order valence-electron chi connectivity index (χ0n) is 15.2. The molecule has 0 saturated carbocycles. The van der Waals surface area contributed by atoms with Crippen molar-refractivity contribution in [2.24, 2.45) is 0 Å². The number of H-pyrrole nitrogens is 1. The van der Waals surface area contributed by atoms with E-state index in [0.717, 1.165) is 36.4 Å². The largest absolute Gasteiger partial charge is 0.336 e. The number of hydrogen-bond acceptors (Lipinski definition) is 7. The third kappa shape index (κ3) is 2.66. The Bertz CT molecular complexity index is 1030. The fourth-order valence-corrected chi connectivity index (χ4v) is 4.09. The second-order valence-electron chi connectivity index (χ2n) is 7.16. The van der Waals surface area contributed by atoms with Crippen LogP contribution in [0, 0.1) is 6.92 Å². The Morgan fingerprint density at radius 1 is 1.30 bits per heavy atom. The topological polar surface area (TPSA) is 103 Å². The average molecular weight is 364 g/mol. The van der Waals surface area contributed by atoms with Crippen LogP contribution >= 0.6 is 0 Å². The average Bonchev–Trinajstić information content (AvgIpc) is 3.37. The fraction of sp³-hybridized carbons (Fsp3) is 0.389. The first-order valence-electron chi connectivity index (χ1n) is 9.04. The Labute approximate surface area is 155 Å². The van der Waals surface area contributed by atoms with Gasteiger partial charge in [-0.2, -0.15) is 15.1 Å². The Morgan fingerprint density at radius 3 is 2.89 bits per heavy atom. The van der Waals surface area contributed by atoms with Gasteiger partial charge in [0.15, 0.2) is 5.65 Å². The molecule has 2 aliphatic heterocycles. The van der Waals surface area contributed by atoms with Crippen LogP contribution in [-0.2, 0) is 4.79 Å². The number of piperazine rings is 1. The smallest absolute Gasteiger partial charge is 0.229 e. The van der Waals surface area contributed by atoms with Gasteiger partial charge in [0.1, 0.15) is 11.6 Å². The lowest BCUT2D eigenvalue weighted by Gasteiger charge is -2.33. The zero-order valence-corrected chi connectivity index (χ0v) is 15.2. The minimum Gasteiger partial charge on any atom is -0.336 e. The van der Waals surface area contributed by atoms with E-state index in [0.29, 0.717) is 17.4 Å². The van der Waals surface area contributed by atoms with Crippen molar-refractivity contribution in [2.75, 3.05) is 23.3 Å². The van der Waals surface area contributed by atoms with E-state index in [9.17, 15) is 4.79 Å². The van der Waals surface area contributed by atoms with E-state index in [4.69, 9.17) is 4.98 Å². The van der Waals surface area contributed by atoms with Crippen molar-refractivity contribution < 1.29 is 4.79 Å². The molecule has 9 nitrogen and oxygen atoms in total. The summed E-state index contributed by atoms with van der Waals surface area (Å²) in [6.45, 7) is 5.04. The summed E-state index contributed by atoms with van der Waals surface area (Å²) < 4.78 is 0. The zero-order chi connectivity index (χ0) is 18.5. The van der Waals surface area contributed by atoms with E-state index in [-0.39, 0.29) is 18.0 Å². The van der Waals surface area contributed by atoms with Gasteiger partial charge in [-0.3, -0.25) is 9.89 Å². The molecule has 2 aliphatic rings. The summed E-state index contributed by atoms with van der Waals surface area (Å²) in [6, 6.07) is 6.24. The molecule has 2 N–H and O–H groups in total. The van der Waals surface area contributed by atoms with Crippen LogP contribution in [0.1, 0.15) is 19.0 Å². The van der Waals surface area contributed by atoms with Crippen molar-refractivity contribution in [3.05, 3.63) is 30.1 Å². The van der Waals surface area contributed by atoms with E-state index < -0.39 is 0 Å². The van der Waals surface area contributed by atoms with Gasteiger partial charge < -0.3 is 15.1 Å². The van der Waals surface area contributed by atoms with Crippen LogP contribution in [0.5, 0.6) is 0 Å². The van der Waals surface area contributed by atoms with Gasteiger partial charge in [-0.05, 0) is 25.5 Å². The predicted octanol–water partition coefficient (Wildman–Crippen LogP) is 1.61. The third-order valence-corrected chi connectivity index (χ3v) is 5.32. The van der Waals surface area contributed by atoms with Crippen LogP contribution < -0.4 is 10.2 Å². The van der Waals surface area contributed by atoms with Crippen LogP contribution in [-0.4, -0.2) is 61.1 Å².